The molecule has 1 aliphatic heterocycles. The molecule has 0 aliphatic carbocycles. The summed E-state index contributed by atoms with van der Waals surface area (Å²) in [6, 6.07) is 3.46. The molecule has 1 aromatic carbocycles. The van der Waals surface area contributed by atoms with Crippen molar-refractivity contribution in [2.24, 2.45) is 0 Å². The molecule has 3 rings (SSSR count). The van der Waals surface area contributed by atoms with Gasteiger partial charge in [0, 0.05) is 24.8 Å². The lowest BCUT2D eigenvalue weighted by Crippen LogP contribution is -2.46. The Kier molecular flexibility index (Phi) is 5.70. The molecule has 0 radical (unpaired) electrons. The van der Waals surface area contributed by atoms with Gasteiger partial charge >= 0.3 is 0 Å². The summed E-state index contributed by atoms with van der Waals surface area (Å²) in [5.74, 6) is -0.176. The molecule has 1 saturated heterocycles. The molecule has 7 nitrogen and oxygen atoms in total. The average Bonchev–Trinajstić information content (AvgIpc) is 3.14. The molecule has 8 heteroatoms. The van der Waals surface area contributed by atoms with Gasteiger partial charge in [-0.05, 0) is 37.8 Å². The van der Waals surface area contributed by atoms with E-state index in [9.17, 15) is 9.59 Å². The van der Waals surface area contributed by atoms with Crippen LogP contribution in [-0.4, -0.2) is 40.8 Å². The van der Waals surface area contributed by atoms with E-state index in [-0.39, 0.29) is 23.6 Å². The Morgan fingerprint density at radius 3 is 2.74 bits per heavy atom. The van der Waals surface area contributed by atoms with Gasteiger partial charge in [0.05, 0.1) is 16.3 Å². The fourth-order valence-corrected chi connectivity index (χ4v) is 3.50. The van der Waals surface area contributed by atoms with E-state index in [0.717, 1.165) is 5.56 Å². The maximum absolute atomic E-state index is 12.8. The minimum absolute atomic E-state index is 0.0262. The van der Waals surface area contributed by atoms with Crippen molar-refractivity contribution in [1.29, 1.82) is 0 Å². The zero-order valence-corrected chi connectivity index (χ0v) is 16.2. The number of nitrogens with one attached hydrogen (secondary N) is 1. The standard InChI is InChI=1S/C19H23ClN4O3/c1-3-14-17(27-10-22-14)18(25)23-12-6-8-24(9-7-12)19(26)15-13(20)5-4-11(2)16(15)21/h4-5,10,12H,3,6-9,21H2,1-2H3,(H,23,25). The Labute approximate surface area is 162 Å². The van der Waals surface area contributed by atoms with Gasteiger partial charge in [-0.1, -0.05) is 24.6 Å². The van der Waals surface area contributed by atoms with Crippen LogP contribution in [0.5, 0.6) is 0 Å². The molecule has 0 bridgehead atoms. The number of rotatable bonds is 4. The van der Waals surface area contributed by atoms with Crippen LogP contribution in [0.15, 0.2) is 22.9 Å². The van der Waals surface area contributed by atoms with Crippen LogP contribution < -0.4 is 11.1 Å². The average molecular weight is 391 g/mol. The summed E-state index contributed by atoms with van der Waals surface area (Å²) >= 11 is 6.20. The number of carbonyl (C=O) groups is 2. The van der Waals surface area contributed by atoms with E-state index in [1.54, 1.807) is 17.0 Å². The van der Waals surface area contributed by atoms with Crippen molar-refractivity contribution in [3.05, 3.63) is 46.1 Å². The number of hydrogen-bond donors (Lipinski definition) is 2. The molecule has 3 N–H and O–H groups in total. The highest BCUT2D eigenvalue weighted by atomic mass is 35.5. The van der Waals surface area contributed by atoms with Crippen LogP contribution in [0.4, 0.5) is 5.69 Å². The zero-order valence-electron chi connectivity index (χ0n) is 15.4. The van der Waals surface area contributed by atoms with E-state index < -0.39 is 0 Å². The molecule has 1 aliphatic rings. The number of anilines is 1. The van der Waals surface area contributed by atoms with Gasteiger partial charge in [-0.15, -0.1) is 0 Å². The van der Waals surface area contributed by atoms with Crippen LogP contribution in [0.3, 0.4) is 0 Å². The van der Waals surface area contributed by atoms with Crippen LogP contribution in [0.2, 0.25) is 5.02 Å². The number of piperidine rings is 1. The maximum atomic E-state index is 12.8. The number of aryl methyl sites for hydroxylation is 2. The van der Waals surface area contributed by atoms with Crippen LogP contribution in [0.1, 0.15) is 51.9 Å². The maximum Gasteiger partial charge on any atom is 0.289 e. The molecule has 2 heterocycles. The monoisotopic (exact) mass is 390 g/mol. The number of likely N-dealkylation sites (tertiary alicyclic amines) is 1. The molecular formula is C19H23ClN4O3. The van der Waals surface area contributed by atoms with E-state index in [0.29, 0.717) is 54.3 Å². The minimum Gasteiger partial charge on any atom is -0.438 e. The minimum atomic E-state index is -0.264. The number of oxazole rings is 1. The lowest BCUT2D eigenvalue weighted by atomic mass is 10.0. The van der Waals surface area contributed by atoms with Gasteiger partial charge in [0.25, 0.3) is 11.8 Å². The first-order chi connectivity index (χ1) is 12.9. The van der Waals surface area contributed by atoms with E-state index in [2.05, 4.69) is 10.3 Å². The number of aromatic nitrogens is 1. The second-order valence-electron chi connectivity index (χ2n) is 6.67. The van der Waals surface area contributed by atoms with Crippen LogP contribution in [0.25, 0.3) is 0 Å². The largest absolute Gasteiger partial charge is 0.438 e. The molecule has 1 aromatic heterocycles. The molecule has 27 heavy (non-hydrogen) atoms. The second-order valence-corrected chi connectivity index (χ2v) is 7.08. The predicted octanol–water partition coefficient (Wildman–Crippen LogP) is 2.82. The summed E-state index contributed by atoms with van der Waals surface area (Å²) in [5, 5.41) is 3.32. The van der Waals surface area contributed by atoms with Crippen molar-refractivity contribution < 1.29 is 14.0 Å². The number of carbonyl (C=O) groups excluding carboxylic acids is 2. The van der Waals surface area contributed by atoms with Crippen molar-refractivity contribution in [2.45, 2.75) is 39.2 Å². The number of hydrogen-bond acceptors (Lipinski definition) is 5. The van der Waals surface area contributed by atoms with E-state index in [1.807, 2.05) is 13.8 Å². The summed E-state index contributed by atoms with van der Waals surface area (Å²) in [7, 11) is 0. The third-order valence-electron chi connectivity index (χ3n) is 4.93. The SMILES string of the molecule is CCc1ncoc1C(=O)NC1CCN(C(=O)c2c(Cl)ccc(C)c2N)CC1. The topological polar surface area (TPSA) is 101 Å². The highest BCUT2D eigenvalue weighted by Gasteiger charge is 2.28. The van der Waals surface area contributed by atoms with Gasteiger partial charge < -0.3 is 20.4 Å². The smallest absolute Gasteiger partial charge is 0.289 e. The molecule has 2 aromatic rings. The third kappa shape index (κ3) is 3.93. The highest BCUT2D eigenvalue weighted by Crippen LogP contribution is 2.28. The van der Waals surface area contributed by atoms with Crippen molar-refractivity contribution in [1.82, 2.24) is 15.2 Å². The second kappa shape index (κ2) is 8.00. The Hall–Kier alpha value is -2.54. The Morgan fingerprint density at radius 2 is 2.07 bits per heavy atom. The van der Waals surface area contributed by atoms with E-state index >= 15 is 0 Å². The summed E-state index contributed by atoms with van der Waals surface area (Å²) in [4.78, 5) is 31.0. The number of benzene rings is 1. The number of halogens is 1. The Balaban J connectivity index is 1.62. The van der Waals surface area contributed by atoms with E-state index in [4.69, 9.17) is 21.8 Å². The summed E-state index contributed by atoms with van der Waals surface area (Å²) in [5.41, 5.74) is 8.30. The highest BCUT2D eigenvalue weighted by molar-refractivity contribution is 6.34. The van der Waals surface area contributed by atoms with Crippen LogP contribution in [-0.2, 0) is 6.42 Å². The van der Waals surface area contributed by atoms with Gasteiger partial charge in [0.15, 0.2) is 6.39 Å². The summed E-state index contributed by atoms with van der Waals surface area (Å²) in [6.45, 7) is 4.80. The van der Waals surface area contributed by atoms with Crippen molar-refractivity contribution in [3.63, 3.8) is 0 Å². The lowest BCUT2D eigenvalue weighted by molar-refractivity contribution is 0.0696. The molecular weight excluding hydrogens is 368 g/mol. The van der Waals surface area contributed by atoms with Crippen molar-refractivity contribution in [3.8, 4) is 0 Å². The van der Waals surface area contributed by atoms with Crippen molar-refractivity contribution >= 4 is 29.1 Å². The number of nitrogens with zero attached hydrogens (tertiary/aromatic N) is 2. The normalized spacial score (nSPS) is 15.0. The van der Waals surface area contributed by atoms with Gasteiger partial charge in [0.1, 0.15) is 0 Å². The van der Waals surface area contributed by atoms with Crippen LogP contribution in [0, 0.1) is 6.92 Å². The number of nitrogens with two attached hydrogens (primary N) is 1. The predicted molar refractivity (Wildman–Crippen MR) is 103 cm³/mol. The van der Waals surface area contributed by atoms with Crippen LogP contribution >= 0.6 is 11.6 Å². The zero-order chi connectivity index (χ0) is 19.6. The van der Waals surface area contributed by atoms with Gasteiger partial charge in [-0.3, -0.25) is 9.59 Å². The Bertz CT molecular complexity index is 857. The first-order valence-electron chi connectivity index (χ1n) is 8.99. The van der Waals surface area contributed by atoms with Gasteiger partial charge in [-0.25, -0.2) is 4.98 Å². The fourth-order valence-electron chi connectivity index (χ4n) is 3.26. The third-order valence-corrected chi connectivity index (χ3v) is 5.24. The lowest BCUT2D eigenvalue weighted by Gasteiger charge is -2.32. The molecule has 0 atom stereocenters. The first kappa shape index (κ1) is 19.2. The molecule has 144 valence electrons. The molecule has 0 saturated carbocycles. The molecule has 2 amide bonds. The number of amides is 2. The fraction of sp³-hybridized carbons (Fsp3) is 0.421. The van der Waals surface area contributed by atoms with E-state index in [1.165, 1.54) is 6.39 Å². The van der Waals surface area contributed by atoms with Crippen molar-refractivity contribution in [2.75, 3.05) is 18.8 Å². The summed E-state index contributed by atoms with van der Waals surface area (Å²) in [6.07, 6.45) is 3.21. The molecule has 0 unspecified atom stereocenters. The first-order valence-corrected chi connectivity index (χ1v) is 9.37. The molecule has 1 fully saturated rings. The number of nitrogen functional groups attached to an aromatic ring is 1. The summed E-state index contributed by atoms with van der Waals surface area (Å²) < 4.78 is 5.20. The quantitative estimate of drug-likeness (QED) is 0.781. The van der Waals surface area contributed by atoms with Gasteiger partial charge in [0.2, 0.25) is 5.76 Å². The molecule has 0 spiro atoms. The van der Waals surface area contributed by atoms with Gasteiger partial charge in [-0.2, -0.15) is 0 Å². The Morgan fingerprint density at radius 1 is 1.37 bits per heavy atom.